The van der Waals surface area contributed by atoms with Gasteiger partial charge in [0.1, 0.15) is 12.0 Å². The van der Waals surface area contributed by atoms with E-state index in [0.717, 1.165) is 11.4 Å². The minimum atomic E-state index is -0.154. The van der Waals surface area contributed by atoms with Crippen LogP contribution in [-0.4, -0.2) is 51.3 Å². The quantitative estimate of drug-likeness (QED) is 0.821. The van der Waals surface area contributed by atoms with E-state index in [4.69, 9.17) is 0 Å². The minimum Gasteiger partial charge on any atom is -0.336 e. The number of carbonyl (C=O) groups excluding carboxylic acids is 2. The lowest BCUT2D eigenvalue weighted by molar-refractivity contribution is -0.120. The molecule has 2 aromatic rings. The molecule has 0 spiro atoms. The van der Waals surface area contributed by atoms with Crippen molar-refractivity contribution in [2.45, 2.75) is 6.92 Å². The average Bonchev–Trinajstić information content (AvgIpc) is 3.15. The van der Waals surface area contributed by atoms with Gasteiger partial charge in [0.2, 0.25) is 5.91 Å². The second-order valence-electron chi connectivity index (χ2n) is 6.29. The number of hydrogen-bond donors (Lipinski definition) is 0. The summed E-state index contributed by atoms with van der Waals surface area (Å²) in [6, 6.07) is 5.41. The Labute approximate surface area is 139 Å². The first-order chi connectivity index (χ1) is 11.6. The molecule has 2 fully saturated rings. The molecular weight excluding hydrogens is 306 g/mol. The van der Waals surface area contributed by atoms with Crippen LogP contribution in [0.5, 0.6) is 0 Å². The molecule has 2 aliphatic heterocycles. The van der Waals surface area contributed by atoms with Crippen molar-refractivity contribution in [1.29, 1.82) is 0 Å². The van der Waals surface area contributed by atoms with E-state index in [0.29, 0.717) is 25.3 Å². The van der Waals surface area contributed by atoms with Crippen molar-refractivity contribution < 1.29 is 9.59 Å². The van der Waals surface area contributed by atoms with Gasteiger partial charge in [0, 0.05) is 31.2 Å². The number of carbonyl (C=O) groups is 2. The van der Waals surface area contributed by atoms with Crippen molar-refractivity contribution in [3.63, 3.8) is 0 Å². The highest BCUT2D eigenvalue weighted by Crippen LogP contribution is 2.35. The van der Waals surface area contributed by atoms with Crippen LogP contribution in [0.1, 0.15) is 16.2 Å². The van der Waals surface area contributed by atoms with Gasteiger partial charge in [-0.3, -0.25) is 9.59 Å². The highest BCUT2D eigenvalue weighted by atomic mass is 16.2. The van der Waals surface area contributed by atoms with E-state index in [9.17, 15) is 9.59 Å². The molecule has 7 nitrogen and oxygen atoms in total. The van der Waals surface area contributed by atoms with Gasteiger partial charge < -0.3 is 9.80 Å². The van der Waals surface area contributed by atoms with Crippen LogP contribution in [0, 0.1) is 18.8 Å². The van der Waals surface area contributed by atoms with Crippen LogP contribution in [0.4, 0.5) is 5.69 Å². The fraction of sp³-hybridized carbons (Fsp3) is 0.353. The van der Waals surface area contributed by atoms with E-state index < -0.39 is 0 Å². The van der Waals surface area contributed by atoms with Gasteiger partial charge in [-0.2, -0.15) is 0 Å². The lowest BCUT2D eigenvalue weighted by Crippen LogP contribution is -2.36. The Morgan fingerprint density at radius 3 is 2.67 bits per heavy atom. The van der Waals surface area contributed by atoms with E-state index >= 15 is 0 Å². The maximum Gasteiger partial charge on any atom is 0.272 e. The minimum absolute atomic E-state index is 0.0438. The fourth-order valence-electron chi connectivity index (χ4n) is 3.51. The molecule has 2 aromatic heterocycles. The highest BCUT2D eigenvalue weighted by Gasteiger charge is 2.48. The molecular formula is C17H17N5O2. The summed E-state index contributed by atoms with van der Waals surface area (Å²) in [4.78, 5) is 41.0. The molecule has 7 heteroatoms. The molecule has 0 N–H and O–H groups in total. The first-order valence-corrected chi connectivity index (χ1v) is 7.93. The Bertz CT molecular complexity index is 795. The lowest BCUT2D eigenvalue weighted by Gasteiger charge is -2.21. The molecule has 4 heterocycles. The third-order valence-corrected chi connectivity index (χ3v) is 4.69. The molecule has 0 bridgehead atoms. The topological polar surface area (TPSA) is 79.3 Å². The number of anilines is 1. The van der Waals surface area contributed by atoms with E-state index in [1.165, 1.54) is 6.33 Å². The Morgan fingerprint density at radius 2 is 1.96 bits per heavy atom. The van der Waals surface area contributed by atoms with Gasteiger partial charge in [0.15, 0.2) is 0 Å². The maximum absolute atomic E-state index is 12.7. The van der Waals surface area contributed by atoms with Crippen LogP contribution < -0.4 is 4.90 Å². The number of aromatic nitrogens is 3. The lowest BCUT2D eigenvalue weighted by atomic mass is 10.0. The number of likely N-dealkylation sites (tertiary alicyclic amines) is 1. The summed E-state index contributed by atoms with van der Waals surface area (Å²) in [6.45, 7) is 3.48. The van der Waals surface area contributed by atoms with E-state index in [-0.39, 0.29) is 23.7 Å². The van der Waals surface area contributed by atoms with Crippen molar-refractivity contribution in [3.8, 4) is 0 Å². The van der Waals surface area contributed by atoms with Crippen LogP contribution >= 0.6 is 0 Å². The smallest absolute Gasteiger partial charge is 0.272 e. The van der Waals surface area contributed by atoms with Crippen LogP contribution in [0.15, 0.2) is 36.9 Å². The number of aryl methyl sites for hydroxylation is 1. The zero-order chi connectivity index (χ0) is 16.7. The van der Waals surface area contributed by atoms with Gasteiger partial charge in [0.05, 0.1) is 24.0 Å². The summed E-state index contributed by atoms with van der Waals surface area (Å²) < 4.78 is 0. The molecule has 0 saturated carbocycles. The molecule has 24 heavy (non-hydrogen) atoms. The molecule has 0 aromatic carbocycles. The first-order valence-electron chi connectivity index (χ1n) is 7.93. The zero-order valence-electron chi connectivity index (χ0n) is 13.3. The first kappa shape index (κ1) is 14.7. The summed E-state index contributed by atoms with van der Waals surface area (Å²) >= 11 is 0. The SMILES string of the molecule is Cc1cccc(C(=O)N2C[C@H]3CN(c4cncnc4)C(=O)[C@H]3C2)n1. The third-order valence-electron chi connectivity index (χ3n) is 4.69. The van der Waals surface area contributed by atoms with Crippen LogP contribution in [-0.2, 0) is 4.79 Å². The van der Waals surface area contributed by atoms with E-state index in [1.807, 2.05) is 19.1 Å². The molecule has 4 rings (SSSR count). The Balaban J connectivity index is 1.49. The van der Waals surface area contributed by atoms with Crippen molar-refractivity contribution >= 4 is 17.5 Å². The third kappa shape index (κ3) is 2.42. The van der Waals surface area contributed by atoms with Crippen molar-refractivity contribution in [3.05, 3.63) is 48.3 Å². The van der Waals surface area contributed by atoms with Gasteiger partial charge in [-0.05, 0) is 19.1 Å². The standard InChI is InChI=1S/C17H17N5O2/c1-11-3-2-4-15(20-11)17(24)21-7-12-8-22(16(23)14(12)9-21)13-5-18-10-19-6-13/h2-6,10,12,14H,7-9H2,1H3/t12-,14-/m0/s1. The normalized spacial score (nSPS) is 22.8. The highest BCUT2D eigenvalue weighted by molar-refractivity contribution is 5.99. The number of rotatable bonds is 2. The molecule has 122 valence electrons. The summed E-state index contributed by atoms with van der Waals surface area (Å²) in [5.41, 5.74) is 1.97. The number of fused-ring (bicyclic) bond motifs is 1. The molecule has 2 aliphatic rings. The molecule has 2 amide bonds. The summed E-state index contributed by atoms with van der Waals surface area (Å²) in [7, 11) is 0. The van der Waals surface area contributed by atoms with Crippen LogP contribution in [0.25, 0.3) is 0 Å². The monoisotopic (exact) mass is 323 g/mol. The predicted molar refractivity (Wildman–Crippen MR) is 86.2 cm³/mol. The number of nitrogens with zero attached hydrogens (tertiary/aromatic N) is 5. The summed E-state index contributed by atoms with van der Waals surface area (Å²) in [5.74, 6) is -0.0665. The Hall–Kier alpha value is -2.83. The second-order valence-corrected chi connectivity index (χ2v) is 6.29. The van der Waals surface area contributed by atoms with Crippen molar-refractivity contribution in [1.82, 2.24) is 19.9 Å². The van der Waals surface area contributed by atoms with Gasteiger partial charge in [0.25, 0.3) is 5.91 Å². The molecule has 0 aliphatic carbocycles. The number of pyridine rings is 1. The van der Waals surface area contributed by atoms with Crippen LogP contribution in [0.3, 0.4) is 0 Å². The van der Waals surface area contributed by atoms with Crippen LogP contribution in [0.2, 0.25) is 0 Å². The molecule has 2 saturated heterocycles. The van der Waals surface area contributed by atoms with Gasteiger partial charge in [-0.1, -0.05) is 6.07 Å². The van der Waals surface area contributed by atoms with Gasteiger partial charge >= 0.3 is 0 Å². The fourth-order valence-corrected chi connectivity index (χ4v) is 3.51. The van der Waals surface area contributed by atoms with E-state index in [2.05, 4.69) is 15.0 Å². The van der Waals surface area contributed by atoms with Gasteiger partial charge in [-0.25, -0.2) is 15.0 Å². The van der Waals surface area contributed by atoms with Crippen molar-refractivity contribution in [2.24, 2.45) is 11.8 Å². The summed E-state index contributed by atoms with van der Waals surface area (Å²) in [5, 5.41) is 0. The zero-order valence-corrected chi connectivity index (χ0v) is 13.3. The molecule has 0 unspecified atom stereocenters. The molecule has 2 atom stereocenters. The Kier molecular flexibility index (Phi) is 3.48. The average molecular weight is 323 g/mol. The van der Waals surface area contributed by atoms with Gasteiger partial charge in [-0.15, -0.1) is 0 Å². The summed E-state index contributed by atoms with van der Waals surface area (Å²) in [6.07, 6.45) is 4.73. The molecule has 0 radical (unpaired) electrons. The van der Waals surface area contributed by atoms with E-state index in [1.54, 1.807) is 28.3 Å². The Morgan fingerprint density at radius 1 is 1.17 bits per heavy atom. The van der Waals surface area contributed by atoms with Crippen molar-refractivity contribution in [2.75, 3.05) is 24.5 Å². The number of amides is 2. The maximum atomic E-state index is 12.7. The largest absolute Gasteiger partial charge is 0.336 e. The second kappa shape index (κ2) is 5.67. The predicted octanol–water partition coefficient (Wildman–Crippen LogP) is 0.915. The number of hydrogen-bond acceptors (Lipinski definition) is 5.